The van der Waals surface area contributed by atoms with Gasteiger partial charge in [0.05, 0.1) is 6.04 Å². The van der Waals surface area contributed by atoms with E-state index in [4.69, 9.17) is 5.11 Å². The topological polar surface area (TPSA) is 49.7 Å². The van der Waals surface area contributed by atoms with E-state index in [1.807, 2.05) is 0 Å². The van der Waals surface area contributed by atoms with Crippen molar-refractivity contribution in [3.63, 3.8) is 0 Å². The van der Waals surface area contributed by atoms with Crippen LogP contribution >= 0.6 is 0 Å². The molecule has 3 heteroatoms. The monoisotopic (exact) mass is 205 g/mol. The molecule has 0 fully saturated rings. The number of allylic oxidation sites excluding steroid dienone is 2. The van der Waals surface area contributed by atoms with Crippen molar-refractivity contribution in [1.29, 1.82) is 0 Å². The van der Waals surface area contributed by atoms with Crippen LogP contribution in [0.2, 0.25) is 0 Å². The van der Waals surface area contributed by atoms with Gasteiger partial charge in [0.2, 0.25) is 0 Å². The number of hydrogen-bond donors (Lipinski definition) is 1. The summed E-state index contributed by atoms with van der Waals surface area (Å²) < 4.78 is 0. The van der Waals surface area contributed by atoms with E-state index in [-0.39, 0.29) is 6.04 Å². The number of nitrogens with zero attached hydrogens (tertiary/aromatic N) is 1. The predicted octanol–water partition coefficient (Wildman–Crippen LogP) is 2.20. The van der Waals surface area contributed by atoms with Gasteiger partial charge in [0.15, 0.2) is 0 Å². The molecule has 0 radical (unpaired) electrons. The van der Waals surface area contributed by atoms with Gasteiger partial charge in [-0.3, -0.25) is 4.99 Å². The van der Waals surface area contributed by atoms with Crippen molar-refractivity contribution in [3.05, 3.63) is 22.8 Å². The van der Waals surface area contributed by atoms with Crippen LogP contribution < -0.4 is 0 Å². The highest BCUT2D eigenvalue weighted by atomic mass is 16.4. The molecule has 15 heavy (non-hydrogen) atoms. The molecular weight excluding hydrogens is 190 g/mol. The van der Waals surface area contributed by atoms with Crippen LogP contribution in [0.3, 0.4) is 0 Å². The molecule has 1 unspecified atom stereocenters. The fourth-order valence-corrected chi connectivity index (χ4v) is 2.05. The van der Waals surface area contributed by atoms with Crippen LogP contribution in [0.25, 0.3) is 0 Å². The third-order valence-electron chi connectivity index (χ3n) is 3.00. The normalized spacial score (nSPS) is 24.5. The number of aliphatic carboxylic acids is 1. The summed E-state index contributed by atoms with van der Waals surface area (Å²) >= 11 is 0. The summed E-state index contributed by atoms with van der Waals surface area (Å²) in [5.41, 5.74) is 2.53. The highest BCUT2D eigenvalue weighted by Crippen LogP contribution is 2.34. The van der Waals surface area contributed by atoms with Crippen molar-refractivity contribution in [3.8, 4) is 0 Å². The molecule has 2 rings (SSSR count). The first-order valence-corrected chi connectivity index (χ1v) is 5.30. The first-order chi connectivity index (χ1) is 7.09. The molecule has 1 heterocycles. The summed E-state index contributed by atoms with van der Waals surface area (Å²) in [7, 11) is 0. The van der Waals surface area contributed by atoms with Gasteiger partial charge in [-0.25, -0.2) is 4.79 Å². The molecule has 1 aliphatic heterocycles. The minimum absolute atomic E-state index is 0.219. The summed E-state index contributed by atoms with van der Waals surface area (Å²) in [6.45, 7) is 4.25. The van der Waals surface area contributed by atoms with Crippen molar-refractivity contribution in [1.82, 2.24) is 0 Å². The fraction of sp³-hybridized carbons (Fsp3) is 0.500. The lowest BCUT2D eigenvalue weighted by Crippen LogP contribution is -2.15. The Labute approximate surface area is 89.2 Å². The fourth-order valence-electron chi connectivity index (χ4n) is 2.05. The number of carbonyl (C=O) groups is 1. The predicted molar refractivity (Wildman–Crippen MR) is 59.1 cm³/mol. The van der Waals surface area contributed by atoms with Crippen molar-refractivity contribution >= 4 is 12.2 Å². The number of fused-ring (bicyclic) bond motifs is 1. The molecule has 0 saturated carbocycles. The second kappa shape index (κ2) is 3.65. The zero-order valence-electron chi connectivity index (χ0n) is 9.03. The van der Waals surface area contributed by atoms with Crippen LogP contribution in [0, 0.1) is 5.92 Å². The van der Waals surface area contributed by atoms with Gasteiger partial charge in [-0.1, -0.05) is 19.9 Å². The molecule has 1 aliphatic carbocycles. The summed E-state index contributed by atoms with van der Waals surface area (Å²) in [6.07, 6.45) is 5.37. The molecule has 80 valence electrons. The number of dihydropyridines is 1. The molecule has 0 aromatic heterocycles. The smallest absolute Gasteiger partial charge is 0.332 e. The first-order valence-electron chi connectivity index (χ1n) is 5.30. The lowest BCUT2D eigenvalue weighted by molar-refractivity contribution is -0.132. The van der Waals surface area contributed by atoms with Gasteiger partial charge >= 0.3 is 5.97 Å². The number of aliphatic imine (C=N–C) groups is 1. The average molecular weight is 205 g/mol. The van der Waals surface area contributed by atoms with Gasteiger partial charge in [0.25, 0.3) is 0 Å². The molecule has 0 spiro atoms. The zero-order valence-corrected chi connectivity index (χ0v) is 9.03. The van der Waals surface area contributed by atoms with Crippen molar-refractivity contribution in [2.75, 3.05) is 0 Å². The van der Waals surface area contributed by atoms with Gasteiger partial charge in [-0.05, 0) is 24.3 Å². The van der Waals surface area contributed by atoms with Crippen LogP contribution in [0.1, 0.15) is 26.7 Å². The van der Waals surface area contributed by atoms with Crippen molar-refractivity contribution < 1.29 is 9.90 Å². The second-order valence-corrected chi connectivity index (χ2v) is 4.40. The van der Waals surface area contributed by atoms with Gasteiger partial charge in [0.1, 0.15) is 0 Å². The molecule has 0 saturated heterocycles. The average Bonchev–Trinajstić information content (AvgIpc) is 2.59. The van der Waals surface area contributed by atoms with Crippen LogP contribution in [-0.2, 0) is 4.79 Å². The van der Waals surface area contributed by atoms with E-state index in [0.717, 1.165) is 12.0 Å². The van der Waals surface area contributed by atoms with Crippen LogP contribution in [0.5, 0.6) is 0 Å². The van der Waals surface area contributed by atoms with Gasteiger partial charge in [-0.15, -0.1) is 0 Å². The molecule has 0 aromatic carbocycles. The summed E-state index contributed by atoms with van der Waals surface area (Å²) in [6, 6.07) is 0.219. The Morgan fingerprint density at radius 3 is 2.87 bits per heavy atom. The lowest BCUT2D eigenvalue weighted by Gasteiger charge is -2.18. The minimum Gasteiger partial charge on any atom is -0.478 e. The molecule has 0 aromatic rings. The Balaban J connectivity index is 2.33. The SMILES string of the molecule is CC(C)C1C=C2CCC(C(=O)O)=C2C=N1. The second-order valence-electron chi connectivity index (χ2n) is 4.40. The van der Waals surface area contributed by atoms with E-state index in [2.05, 4.69) is 24.9 Å². The Bertz CT molecular complexity index is 388. The Morgan fingerprint density at radius 1 is 1.53 bits per heavy atom. The Morgan fingerprint density at radius 2 is 2.27 bits per heavy atom. The summed E-state index contributed by atoms with van der Waals surface area (Å²) in [5, 5.41) is 8.98. The highest BCUT2D eigenvalue weighted by Gasteiger charge is 2.26. The van der Waals surface area contributed by atoms with Gasteiger partial charge in [-0.2, -0.15) is 0 Å². The zero-order chi connectivity index (χ0) is 11.0. The summed E-state index contributed by atoms with van der Waals surface area (Å²) in [5.74, 6) is -0.327. The quantitative estimate of drug-likeness (QED) is 0.751. The number of hydrogen-bond acceptors (Lipinski definition) is 2. The standard InChI is InChI=1S/C12H15NO2/c1-7(2)11-5-8-3-4-9(12(14)15)10(8)6-13-11/h5-7,11H,3-4H2,1-2H3,(H,14,15). The molecule has 1 atom stereocenters. The largest absolute Gasteiger partial charge is 0.478 e. The Hall–Kier alpha value is -1.38. The van der Waals surface area contributed by atoms with E-state index in [1.165, 1.54) is 5.57 Å². The molecule has 1 N–H and O–H groups in total. The van der Waals surface area contributed by atoms with Crippen molar-refractivity contribution in [2.24, 2.45) is 10.9 Å². The van der Waals surface area contributed by atoms with Crippen molar-refractivity contribution in [2.45, 2.75) is 32.7 Å². The lowest BCUT2D eigenvalue weighted by atomic mass is 9.96. The van der Waals surface area contributed by atoms with E-state index in [0.29, 0.717) is 17.9 Å². The van der Waals surface area contributed by atoms with E-state index in [9.17, 15) is 4.79 Å². The third kappa shape index (κ3) is 1.74. The third-order valence-corrected chi connectivity index (χ3v) is 3.00. The molecule has 3 nitrogen and oxygen atoms in total. The van der Waals surface area contributed by atoms with E-state index >= 15 is 0 Å². The Kier molecular flexibility index (Phi) is 2.47. The molecule has 0 bridgehead atoms. The molecule has 0 amide bonds. The maximum Gasteiger partial charge on any atom is 0.332 e. The highest BCUT2D eigenvalue weighted by molar-refractivity contribution is 6.00. The first kappa shape index (κ1) is 10.1. The number of carboxylic acids is 1. The number of carboxylic acid groups (broad SMARTS) is 1. The van der Waals surface area contributed by atoms with Crippen LogP contribution in [-0.4, -0.2) is 23.3 Å². The van der Waals surface area contributed by atoms with Gasteiger partial charge in [0, 0.05) is 17.4 Å². The number of rotatable bonds is 2. The van der Waals surface area contributed by atoms with E-state index in [1.54, 1.807) is 6.21 Å². The molecular formula is C12H15NO2. The maximum absolute atomic E-state index is 10.9. The van der Waals surface area contributed by atoms with Crippen LogP contribution in [0.4, 0.5) is 0 Å². The van der Waals surface area contributed by atoms with Gasteiger partial charge < -0.3 is 5.11 Å². The molecule has 2 aliphatic rings. The van der Waals surface area contributed by atoms with E-state index < -0.39 is 5.97 Å². The van der Waals surface area contributed by atoms with Crippen LogP contribution in [0.15, 0.2) is 27.8 Å². The minimum atomic E-state index is -0.803. The maximum atomic E-state index is 10.9. The summed E-state index contributed by atoms with van der Waals surface area (Å²) in [4.78, 5) is 15.3.